The van der Waals surface area contributed by atoms with E-state index < -0.39 is 0 Å². The number of aromatic nitrogens is 4. The molecule has 2 aromatic heterocycles. The zero-order chi connectivity index (χ0) is 13.9. The van der Waals surface area contributed by atoms with Crippen LogP contribution in [0.15, 0.2) is 41.8 Å². The van der Waals surface area contributed by atoms with E-state index in [0.717, 1.165) is 5.39 Å². The van der Waals surface area contributed by atoms with E-state index in [9.17, 15) is 4.39 Å². The maximum Gasteiger partial charge on any atom is 0.162 e. The van der Waals surface area contributed by atoms with Crippen LogP contribution in [0.3, 0.4) is 0 Å². The van der Waals surface area contributed by atoms with E-state index in [2.05, 4.69) is 20.1 Å². The van der Waals surface area contributed by atoms with Gasteiger partial charge < -0.3 is 0 Å². The van der Waals surface area contributed by atoms with Crippen LogP contribution in [0.1, 0.15) is 11.3 Å². The molecule has 0 unspecified atom stereocenters. The smallest absolute Gasteiger partial charge is 0.162 e. The van der Waals surface area contributed by atoms with Crippen LogP contribution in [0, 0.1) is 5.82 Å². The Bertz CT molecular complexity index is 778. The van der Waals surface area contributed by atoms with Crippen LogP contribution >= 0.6 is 0 Å². The molecule has 0 radical (unpaired) electrons. The molecule has 0 saturated heterocycles. The van der Waals surface area contributed by atoms with Crippen LogP contribution in [0.4, 0.5) is 4.39 Å². The third-order valence-corrected chi connectivity index (χ3v) is 2.97. The van der Waals surface area contributed by atoms with Crippen LogP contribution in [0.25, 0.3) is 11.0 Å². The third kappa shape index (κ3) is 2.16. The van der Waals surface area contributed by atoms with Crippen molar-refractivity contribution in [2.75, 3.05) is 7.05 Å². The number of rotatable bonds is 3. The van der Waals surface area contributed by atoms with Crippen molar-refractivity contribution in [3.05, 3.63) is 53.9 Å². The Kier molecular flexibility index (Phi) is 3.20. The maximum atomic E-state index is 13.7. The van der Waals surface area contributed by atoms with Crippen molar-refractivity contribution in [2.24, 2.45) is 4.99 Å². The quantitative estimate of drug-likeness (QED) is 0.684. The zero-order valence-electron chi connectivity index (χ0n) is 10.9. The van der Waals surface area contributed by atoms with Crippen LogP contribution < -0.4 is 0 Å². The van der Waals surface area contributed by atoms with Gasteiger partial charge in [0.15, 0.2) is 5.65 Å². The summed E-state index contributed by atoms with van der Waals surface area (Å²) in [6.07, 6.45) is 4.78. The SMILES string of the molecule is CN=Cc1nn(Cc2ccccc2F)c2ncncc12. The van der Waals surface area contributed by atoms with Gasteiger partial charge in [0.1, 0.15) is 17.8 Å². The van der Waals surface area contributed by atoms with E-state index >= 15 is 0 Å². The minimum atomic E-state index is -0.254. The summed E-state index contributed by atoms with van der Waals surface area (Å²) in [6, 6.07) is 6.63. The highest BCUT2D eigenvalue weighted by atomic mass is 19.1. The monoisotopic (exact) mass is 269 g/mol. The van der Waals surface area contributed by atoms with Crippen LogP contribution in [-0.2, 0) is 6.54 Å². The molecule has 0 bridgehead atoms. The van der Waals surface area contributed by atoms with Gasteiger partial charge >= 0.3 is 0 Å². The van der Waals surface area contributed by atoms with Crippen molar-refractivity contribution < 1.29 is 4.39 Å². The summed E-state index contributed by atoms with van der Waals surface area (Å²) in [7, 11) is 1.67. The molecular weight excluding hydrogens is 257 g/mol. The zero-order valence-corrected chi connectivity index (χ0v) is 10.9. The fraction of sp³-hybridized carbons (Fsp3) is 0.143. The molecule has 0 atom stereocenters. The highest BCUT2D eigenvalue weighted by molar-refractivity contribution is 5.95. The number of fused-ring (bicyclic) bond motifs is 1. The molecule has 6 heteroatoms. The number of hydrogen-bond acceptors (Lipinski definition) is 4. The van der Waals surface area contributed by atoms with Gasteiger partial charge in [-0.25, -0.2) is 19.0 Å². The van der Waals surface area contributed by atoms with Gasteiger partial charge in [-0.05, 0) is 6.07 Å². The van der Waals surface area contributed by atoms with Gasteiger partial charge in [-0.3, -0.25) is 4.99 Å². The highest BCUT2D eigenvalue weighted by Crippen LogP contribution is 2.16. The second-order valence-electron chi connectivity index (χ2n) is 4.28. The molecule has 0 aliphatic rings. The average molecular weight is 269 g/mol. The molecule has 1 aromatic carbocycles. The van der Waals surface area contributed by atoms with Crippen LogP contribution in [0.5, 0.6) is 0 Å². The number of nitrogens with zero attached hydrogens (tertiary/aromatic N) is 5. The molecule has 0 fully saturated rings. The Labute approximate surface area is 114 Å². The predicted molar refractivity (Wildman–Crippen MR) is 74.3 cm³/mol. The lowest BCUT2D eigenvalue weighted by molar-refractivity contribution is 0.589. The molecule has 3 aromatic rings. The molecule has 20 heavy (non-hydrogen) atoms. The third-order valence-electron chi connectivity index (χ3n) is 2.97. The van der Waals surface area contributed by atoms with Crippen molar-refractivity contribution in [1.29, 1.82) is 0 Å². The fourth-order valence-corrected chi connectivity index (χ4v) is 2.06. The summed E-state index contributed by atoms with van der Waals surface area (Å²) in [6.45, 7) is 0.317. The molecule has 2 heterocycles. The van der Waals surface area contributed by atoms with E-state index in [1.807, 2.05) is 0 Å². The Hall–Kier alpha value is -2.63. The summed E-state index contributed by atoms with van der Waals surface area (Å²) in [5, 5.41) is 5.21. The predicted octanol–water partition coefficient (Wildman–Crippen LogP) is 2.06. The summed E-state index contributed by atoms with van der Waals surface area (Å²) >= 11 is 0. The minimum Gasteiger partial charge on any atom is -0.294 e. The number of hydrogen-bond donors (Lipinski definition) is 0. The van der Waals surface area contributed by atoms with E-state index in [4.69, 9.17) is 0 Å². The summed E-state index contributed by atoms with van der Waals surface area (Å²) in [4.78, 5) is 12.2. The lowest BCUT2D eigenvalue weighted by Crippen LogP contribution is -2.05. The topological polar surface area (TPSA) is 56.0 Å². The Morgan fingerprint density at radius 1 is 1.35 bits per heavy atom. The van der Waals surface area contributed by atoms with Crippen molar-refractivity contribution >= 4 is 17.2 Å². The standard InChI is InChI=1S/C14H12FN5/c1-16-7-13-11-6-17-9-18-14(11)20(19-13)8-10-4-2-3-5-12(10)15/h2-7,9H,8H2,1H3. The first-order valence-corrected chi connectivity index (χ1v) is 6.11. The minimum absolute atomic E-state index is 0.254. The molecule has 0 N–H and O–H groups in total. The molecule has 0 aliphatic heterocycles. The Morgan fingerprint density at radius 2 is 2.20 bits per heavy atom. The largest absolute Gasteiger partial charge is 0.294 e. The lowest BCUT2D eigenvalue weighted by atomic mass is 10.2. The van der Waals surface area contributed by atoms with Crippen molar-refractivity contribution in [2.45, 2.75) is 6.54 Å². The van der Waals surface area contributed by atoms with E-state index in [1.165, 1.54) is 12.4 Å². The summed E-state index contributed by atoms with van der Waals surface area (Å²) in [5.74, 6) is -0.254. The van der Waals surface area contributed by atoms with Crippen LogP contribution in [0.2, 0.25) is 0 Å². The van der Waals surface area contributed by atoms with Crippen molar-refractivity contribution in [3.8, 4) is 0 Å². The normalized spacial score (nSPS) is 11.5. The summed E-state index contributed by atoms with van der Waals surface area (Å²) < 4.78 is 15.4. The molecule has 0 amide bonds. The number of aliphatic imine (C=N–C) groups is 1. The second kappa shape index (κ2) is 5.16. The molecule has 0 spiro atoms. The first-order chi connectivity index (χ1) is 9.79. The molecule has 3 rings (SSSR count). The van der Waals surface area contributed by atoms with Crippen molar-refractivity contribution in [3.63, 3.8) is 0 Å². The van der Waals surface area contributed by atoms with Crippen molar-refractivity contribution in [1.82, 2.24) is 19.7 Å². The number of benzene rings is 1. The highest BCUT2D eigenvalue weighted by Gasteiger charge is 2.11. The molecule has 0 aliphatic carbocycles. The average Bonchev–Trinajstić information content (AvgIpc) is 2.81. The van der Waals surface area contributed by atoms with Gasteiger partial charge in [-0.1, -0.05) is 18.2 Å². The van der Waals surface area contributed by atoms with E-state index in [1.54, 1.807) is 42.3 Å². The lowest BCUT2D eigenvalue weighted by Gasteiger charge is -2.03. The second-order valence-corrected chi connectivity index (χ2v) is 4.28. The molecule has 5 nitrogen and oxygen atoms in total. The van der Waals surface area contributed by atoms with Gasteiger partial charge in [0.05, 0.1) is 11.9 Å². The van der Waals surface area contributed by atoms with E-state index in [0.29, 0.717) is 23.4 Å². The Morgan fingerprint density at radius 3 is 3.00 bits per heavy atom. The summed E-state index contributed by atoms with van der Waals surface area (Å²) in [5.41, 5.74) is 1.91. The maximum absolute atomic E-state index is 13.7. The van der Waals surface area contributed by atoms with Crippen LogP contribution in [-0.4, -0.2) is 33.0 Å². The van der Waals surface area contributed by atoms with Gasteiger partial charge in [-0.15, -0.1) is 0 Å². The molecule has 0 saturated carbocycles. The van der Waals surface area contributed by atoms with Gasteiger partial charge in [-0.2, -0.15) is 5.10 Å². The van der Waals surface area contributed by atoms with Gasteiger partial charge in [0.2, 0.25) is 0 Å². The van der Waals surface area contributed by atoms with E-state index in [-0.39, 0.29) is 5.82 Å². The first kappa shape index (κ1) is 12.4. The van der Waals surface area contributed by atoms with Gasteiger partial charge in [0, 0.05) is 25.0 Å². The fourth-order valence-electron chi connectivity index (χ4n) is 2.06. The number of halogens is 1. The first-order valence-electron chi connectivity index (χ1n) is 6.11. The Balaban J connectivity index is 2.10. The molecule has 100 valence electrons. The molecular formula is C14H12FN5. The van der Waals surface area contributed by atoms with Gasteiger partial charge in [0.25, 0.3) is 0 Å².